The maximum absolute atomic E-state index is 12.7. The van der Waals surface area contributed by atoms with Gasteiger partial charge in [0.05, 0.1) is 7.05 Å². The molecule has 0 fully saturated rings. The molecule has 1 aromatic rings. The zero-order valence-corrected chi connectivity index (χ0v) is 31.2. The van der Waals surface area contributed by atoms with Crippen LogP contribution in [0.5, 0.6) is 0 Å². The average Bonchev–Trinajstić information content (AvgIpc) is 3.40. The number of imidazole rings is 1. The molecule has 4 nitrogen and oxygen atoms in total. The normalized spacial score (nSPS) is 12.2. The number of carbonyl (C=O) groups is 1. The Morgan fingerprint density at radius 3 is 1.29 bits per heavy atom. The van der Waals surface area contributed by atoms with Crippen molar-refractivity contribution in [3.05, 3.63) is 18.2 Å². The molecule has 1 unspecified atom stereocenters. The summed E-state index contributed by atoms with van der Waals surface area (Å²) in [6, 6.07) is 0. The molecule has 4 heteroatoms. The van der Waals surface area contributed by atoms with Crippen LogP contribution in [0, 0.1) is 0 Å². The van der Waals surface area contributed by atoms with Gasteiger partial charge in [-0.1, -0.05) is 194 Å². The molecule has 1 atom stereocenters. The van der Waals surface area contributed by atoms with Crippen molar-refractivity contribution >= 4 is 5.91 Å². The fourth-order valence-corrected chi connectivity index (χ4v) is 6.87. The van der Waals surface area contributed by atoms with Gasteiger partial charge in [0.25, 0.3) is 5.82 Å². The van der Waals surface area contributed by atoms with Gasteiger partial charge in [0.1, 0.15) is 12.4 Å². The highest BCUT2D eigenvalue weighted by molar-refractivity contribution is 5.75. The summed E-state index contributed by atoms with van der Waals surface area (Å²) in [4.78, 5) is 12.7. The summed E-state index contributed by atoms with van der Waals surface area (Å²) in [5.74, 6) is 1.52. The van der Waals surface area contributed by atoms with Crippen LogP contribution < -0.4 is 9.88 Å². The summed E-state index contributed by atoms with van der Waals surface area (Å²) in [5.41, 5.74) is 0. The second-order valence-corrected chi connectivity index (χ2v) is 14.4. The summed E-state index contributed by atoms with van der Waals surface area (Å²) in [7, 11) is 2.14. The van der Waals surface area contributed by atoms with Crippen molar-refractivity contribution in [2.24, 2.45) is 7.05 Å². The molecule has 0 aliphatic heterocycles. The lowest BCUT2D eigenvalue weighted by atomic mass is 10.0. The van der Waals surface area contributed by atoms with Crippen molar-refractivity contribution < 1.29 is 9.36 Å². The van der Waals surface area contributed by atoms with E-state index in [1.165, 1.54) is 192 Å². The van der Waals surface area contributed by atoms with E-state index in [0.29, 0.717) is 6.42 Å². The Labute approximate surface area is 282 Å². The van der Waals surface area contributed by atoms with Crippen molar-refractivity contribution in [1.82, 2.24) is 9.88 Å². The smallest absolute Gasteiger partial charge is 0.257 e. The molecule has 1 amide bonds. The first-order chi connectivity index (χ1) is 22.1. The van der Waals surface area contributed by atoms with E-state index in [9.17, 15) is 4.79 Å². The Hall–Kier alpha value is -1.32. The molecule has 0 aliphatic carbocycles. The lowest BCUT2D eigenvalue weighted by molar-refractivity contribution is -0.679. The van der Waals surface area contributed by atoms with E-state index >= 15 is 0 Å². The van der Waals surface area contributed by atoms with Crippen LogP contribution in [0.15, 0.2) is 12.4 Å². The first-order valence-electron chi connectivity index (χ1n) is 20.4. The van der Waals surface area contributed by atoms with Crippen LogP contribution in [0.1, 0.15) is 232 Å². The molecule has 0 spiro atoms. The van der Waals surface area contributed by atoms with Crippen molar-refractivity contribution in [2.75, 3.05) is 0 Å². The topological polar surface area (TPSA) is 37.9 Å². The minimum atomic E-state index is 0.0152. The summed E-state index contributed by atoms with van der Waals surface area (Å²) in [5, 5.41) is 3.26. The summed E-state index contributed by atoms with van der Waals surface area (Å²) in [6.07, 6.45) is 47.4. The number of rotatable bonds is 34. The van der Waals surface area contributed by atoms with Crippen molar-refractivity contribution in [2.45, 2.75) is 232 Å². The number of hydrogen-bond donors (Lipinski definition) is 1. The fourth-order valence-electron chi connectivity index (χ4n) is 6.87. The number of hydrogen-bond acceptors (Lipinski definition) is 1. The first-order valence-corrected chi connectivity index (χ1v) is 20.4. The van der Waals surface area contributed by atoms with E-state index in [0.717, 1.165) is 12.8 Å². The van der Waals surface area contributed by atoms with E-state index in [4.69, 9.17) is 0 Å². The minimum absolute atomic E-state index is 0.0152. The van der Waals surface area contributed by atoms with Gasteiger partial charge in [-0.3, -0.25) is 4.79 Å². The van der Waals surface area contributed by atoms with Gasteiger partial charge in [0.15, 0.2) is 6.17 Å². The minimum Gasteiger partial charge on any atom is -0.318 e. The molecule has 0 saturated heterocycles. The van der Waals surface area contributed by atoms with Crippen LogP contribution in [0.2, 0.25) is 0 Å². The standard InChI is InChI=1S/C41H79N3O/c1-5-7-9-11-13-15-17-19-21-23-25-27-29-31-33-35-40(45)42-39(3)44-38-37-43(4)41(44)36-34-32-30-28-26-24-22-20-18-16-14-12-10-8-6-2/h37-39H,5-36H2,1-4H3/p+1. The van der Waals surface area contributed by atoms with Gasteiger partial charge in [0.2, 0.25) is 5.91 Å². The van der Waals surface area contributed by atoms with E-state index in [1.807, 2.05) is 0 Å². The summed E-state index contributed by atoms with van der Waals surface area (Å²) in [6.45, 7) is 6.71. The molecule has 0 radical (unpaired) electrons. The van der Waals surface area contributed by atoms with E-state index in [1.54, 1.807) is 0 Å². The highest BCUT2D eigenvalue weighted by Gasteiger charge is 2.20. The molecule has 0 aromatic carbocycles. The monoisotopic (exact) mass is 631 g/mol. The molecule has 0 aliphatic rings. The van der Waals surface area contributed by atoms with Gasteiger partial charge >= 0.3 is 0 Å². The van der Waals surface area contributed by atoms with Gasteiger partial charge in [-0.15, -0.1) is 0 Å². The largest absolute Gasteiger partial charge is 0.318 e. The van der Waals surface area contributed by atoms with Crippen LogP contribution in [-0.4, -0.2) is 10.5 Å². The molecule has 1 rings (SSSR count). The second-order valence-electron chi connectivity index (χ2n) is 14.4. The molecular weight excluding hydrogens is 550 g/mol. The van der Waals surface area contributed by atoms with E-state index in [-0.39, 0.29) is 12.1 Å². The Morgan fingerprint density at radius 1 is 0.578 bits per heavy atom. The maximum Gasteiger partial charge on any atom is 0.257 e. The lowest BCUT2D eigenvalue weighted by Crippen LogP contribution is -2.36. The Morgan fingerprint density at radius 2 is 0.911 bits per heavy atom. The predicted octanol–water partition coefficient (Wildman–Crippen LogP) is 12.6. The Bertz CT molecular complexity index is 773. The Kier molecular flexibility index (Phi) is 29.0. The van der Waals surface area contributed by atoms with Gasteiger partial charge in [-0.05, 0) is 19.8 Å². The zero-order valence-electron chi connectivity index (χ0n) is 31.2. The number of nitrogens with one attached hydrogen (secondary N) is 1. The van der Waals surface area contributed by atoms with Crippen molar-refractivity contribution in [3.8, 4) is 0 Å². The predicted molar refractivity (Wildman–Crippen MR) is 197 cm³/mol. The zero-order chi connectivity index (χ0) is 32.6. The number of nitrogens with zero attached hydrogens (tertiary/aromatic N) is 2. The molecule has 1 aromatic heterocycles. The SMILES string of the molecule is CCCCCCCCCCCCCCCCCC(=O)NC(C)n1cc[n+](C)c1CCCCCCCCCCCCCCCCC. The number of carbonyl (C=O) groups excluding carboxylic acids is 1. The van der Waals surface area contributed by atoms with Gasteiger partial charge in [0, 0.05) is 12.8 Å². The number of aryl methyl sites for hydroxylation is 1. The third-order valence-electron chi connectivity index (χ3n) is 9.95. The Balaban J connectivity index is 2.01. The average molecular weight is 631 g/mol. The molecule has 45 heavy (non-hydrogen) atoms. The van der Waals surface area contributed by atoms with Gasteiger partial charge in [-0.25, -0.2) is 9.13 Å². The highest BCUT2D eigenvalue weighted by Crippen LogP contribution is 2.16. The molecule has 1 heterocycles. The second kappa shape index (κ2) is 31.3. The van der Waals surface area contributed by atoms with Gasteiger partial charge < -0.3 is 5.32 Å². The van der Waals surface area contributed by atoms with E-state index in [2.05, 4.69) is 54.7 Å². The fraction of sp³-hybridized carbons (Fsp3) is 0.902. The van der Waals surface area contributed by atoms with Crippen LogP contribution in [0.4, 0.5) is 0 Å². The van der Waals surface area contributed by atoms with Crippen LogP contribution >= 0.6 is 0 Å². The maximum atomic E-state index is 12.7. The van der Waals surface area contributed by atoms with E-state index < -0.39 is 0 Å². The molecule has 1 N–H and O–H groups in total. The number of aromatic nitrogens is 2. The summed E-state index contributed by atoms with van der Waals surface area (Å²) < 4.78 is 4.51. The summed E-state index contributed by atoms with van der Waals surface area (Å²) >= 11 is 0. The molecule has 264 valence electrons. The van der Waals surface area contributed by atoms with Gasteiger partial charge in [-0.2, -0.15) is 0 Å². The number of unbranched alkanes of at least 4 members (excludes halogenated alkanes) is 28. The third kappa shape index (κ3) is 24.5. The van der Waals surface area contributed by atoms with Crippen LogP contribution in [0.3, 0.4) is 0 Å². The molecule has 0 saturated carbocycles. The highest BCUT2D eigenvalue weighted by atomic mass is 16.1. The van der Waals surface area contributed by atoms with Crippen LogP contribution in [-0.2, 0) is 18.3 Å². The molecular formula is C41H80N3O+. The third-order valence-corrected chi connectivity index (χ3v) is 9.95. The van der Waals surface area contributed by atoms with Crippen molar-refractivity contribution in [1.29, 1.82) is 0 Å². The molecule has 0 bridgehead atoms. The van der Waals surface area contributed by atoms with Crippen LogP contribution in [0.25, 0.3) is 0 Å². The first kappa shape index (κ1) is 41.7. The lowest BCUT2D eigenvalue weighted by Gasteiger charge is -2.13. The quantitative estimate of drug-likeness (QED) is 0.0597. The van der Waals surface area contributed by atoms with Crippen molar-refractivity contribution in [3.63, 3.8) is 0 Å². The number of amides is 1.